The Hall–Kier alpha value is -1.39. The monoisotopic (exact) mass is 326 g/mol. The number of nitrogen functional groups attached to an aromatic ring is 1. The molecule has 0 fully saturated rings. The van der Waals surface area contributed by atoms with E-state index in [4.69, 9.17) is 22.1 Å². The van der Waals surface area contributed by atoms with E-state index in [0.29, 0.717) is 16.5 Å². The zero-order valence-corrected chi connectivity index (χ0v) is 12.0. The van der Waals surface area contributed by atoms with Crippen LogP contribution in [0.15, 0.2) is 40.9 Å². The summed E-state index contributed by atoms with van der Waals surface area (Å²) in [6, 6.07) is 11.0. The number of methoxy groups -OCH3 is 1. The van der Waals surface area contributed by atoms with E-state index in [1.165, 1.54) is 0 Å². The first-order valence-corrected chi connectivity index (χ1v) is 6.42. The molecule has 0 aliphatic heterocycles. The third-order valence-electron chi connectivity index (χ3n) is 2.37. The maximum absolute atomic E-state index is 5.90. The van der Waals surface area contributed by atoms with Crippen LogP contribution < -0.4 is 15.8 Å². The number of rotatable bonds is 3. The highest BCUT2D eigenvalue weighted by molar-refractivity contribution is 9.10. The molecule has 94 valence electrons. The summed E-state index contributed by atoms with van der Waals surface area (Å²) >= 11 is 9.34. The lowest BCUT2D eigenvalue weighted by Gasteiger charge is -2.11. The van der Waals surface area contributed by atoms with Crippen molar-refractivity contribution in [2.75, 3.05) is 18.2 Å². The average molecular weight is 328 g/mol. The van der Waals surface area contributed by atoms with Gasteiger partial charge in [0.1, 0.15) is 5.75 Å². The van der Waals surface area contributed by atoms with Crippen LogP contribution in [0.5, 0.6) is 5.75 Å². The number of anilines is 3. The maximum atomic E-state index is 5.90. The molecule has 5 heteroatoms. The molecule has 3 N–H and O–H groups in total. The highest BCUT2D eigenvalue weighted by Crippen LogP contribution is 2.30. The van der Waals surface area contributed by atoms with Crippen molar-refractivity contribution in [3.8, 4) is 5.75 Å². The fourth-order valence-corrected chi connectivity index (χ4v) is 2.34. The highest BCUT2D eigenvalue weighted by atomic mass is 79.9. The summed E-state index contributed by atoms with van der Waals surface area (Å²) < 4.78 is 6.06. The molecule has 0 bridgehead atoms. The Morgan fingerprint density at radius 2 is 2.00 bits per heavy atom. The van der Waals surface area contributed by atoms with Crippen molar-refractivity contribution in [2.24, 2.45) is 0 Å². The fourth-order valence-electron chi connectivity index (χ4n) is 1.56. The Balaban J connectivity index is 2.30. The van der Waals surface area contributed by atoms with E-state index in [9.17, 15) is 0 Å². The van der Waals surface area contributed by atoms with Crippen LogP contribution in [0.4, 0.5) is 17.1 Å². The molecule has 0 aliphatic carbocycles. The predicted octanol–water partition coefficient (Wildman–Crippen LogP) is 4.44. The molecule has 0 aromatic heterocycles. The third kappa shape index (κ3) is 3.09. The molecule has 2 rings (SSSR count). The van der Waals surface area contributed by atoms with Crippen molar-refractivity contribution in [1.82, 2.24) is 0 Å². The summed E-state index contributed by atoms with van der Waals surface area (Å²) in [5.74, 6) is 0.711. The van der Waals surface area contributed by atoms with E-state index in [-0.39, 0.29) is 0 Å². The zero-order valence-electron chi connectivity index (χ0n) is 9.71. The molecule has 0 saturated carbocycles. The van der Waals surface area contributed by atoms with Crippen molar-refractivity contribution in [2.45, 2.75) is 0 Å². The van der Waals surface area contributed by atoms with Crippen LogP contribution in [0.3, 0.4) is 0 Å². The van der Waals surface area contributed by atoms with E-state index < -0.39 is 0 Å². The average Bonchev–Trinajstić information content (AvgIpc) is 2.32. The lowest BCUT2D eigenvalue weighted by atomic mass is 10.2. The van der Waals surface area contributed by atoms with Gasteiger partial charge in [0, 0.05) is 33.0 Å². The Kier molecular flexibility index (Phi) is 3.99. The molecule has 0 radical (unpaired) electrons. The molecule has 3 nitrogen and oxygen atoms in total. The van der Waals surface area contributed by atoms with Crippen LogP contribution in [0.1, 0.15) is 0 Å². The number of benzene rings is 2. The predicted molar refractivity (Wildman–Crippen MR) is 79.8 cm³/mol. The van der Waals surface area contributed by atoms with Crippen LogP contribution in [0.25, 0.3) is 0 Å². The van der Waals surface area contributed by atoms with Crippen LogP contribution >= 0.6 is 27.5 Å². The molecule has 2 aromatic rings. The Bertz CT molecular complexity index is 575. The first-order chi connectivity index (χ1) is 8.58. The van der Waals surface area contributed by atoms with Gasteiger partial charge in [-0.3, -0.25) is 0 Å². The number of ether oxygens (including phenoxy) is 1. The summed E-state index contributed by atoms with van der Waals surface area (Å²) in [5, 5.41) is 3.93. The molecular formula is C13H12BrClN2O. The molecular weight excluding hydrogens is 316 g/mol. The smallest absolute Gasteiger partial charge is 0.122 e. The van der Waals surface area contributed by atoms with E-state index >= 15 is 0 Å². The van der Waals surface area contributed by atoms with Gasteiger partial charge >= 0.3 is 0 Å². The largest absolute Gasteiger partial charge is 0.497 e. The number of hydrogen-bond donors (Lipinski definition) is 2. The van der Waals surface area contributed by atoms with Gasteiger partial charge in [-0.15, -0.1) is 0 Å². The van der Waals surface area contributed by atoms with Gasteiger partial charge < -0.3 is 15.8 Å². The lowest BCUT2D eigenvalue weighted by Crippen LogP contribution is -1.95. The van der Waals surface area contributed by atoms with E-state index in [1.807, 2.05) is 30.3 Å². The van der Waals surface area contributed by atoms with E-state index in [1.54, 1.807) is 13.2 Å². The molecule has 18 heavy (non-hydrogen) atoms. The van der Waals surface area contributed by atoms with Crippen LogP contribution in [0, 0.1) is 0 Å². The first kappa shape index (κ1) is 13.1. The van der Waals surface area contributed by atoms with Crippen molar-refractivity contribution in [3.05, 3.63) is 45.9 Å². The van der Waals surface area contributed by atoms with Gasteiger partial charge in [0.25, 0.3) is 0 Å². The summed E-state index contributed by atoms with van der Waals surface area (Å²) in [5.41, 5.74) is 8.20. The molecule has 0 amide bonds. The lowest BCUT2D eigenvalue weighted by molar-refractivity contribution is 0.415. The summed E-state index contributed by atoms with van der Waals surface area (Å²) in [6.07, 6.45) is 0. The quantitative estimate of drug-likeness (QED) is 0.819. The molecule has 0 unspecified atom stereocenters. The van der Waals surface area contributed by atoms with Crippen LogP contribution in [-0.4, -0.2) is 7.11 Å². The maximum Gasteiger partial charge on any atom is 0.122 e. The Morgan fingerprint density at radius 1 is 1.22 bits per heavy atom. The third-order valence-corrected chi connectivity index (χ3v) is 3.27. The molecule has 0 spiro atoms. The minimum Gasteiger partial charge on any atom is -0.497 e. The second kappa shape index (κ2) is 5.50. The van der Waals surface area contributed by atoms with Gasteiger partial charge in [-0.2, -0.15) is 0 Å². The molecule has 0 aliphatic rings. The van der Waals surface area contributed by atoms with Gasteiger partial charge in [-0.05, 0) is 40.2 Å². The Morgan fingerprint density at radius 3 is 2.67 bits per heavy atom. The minimum absolute atomic E-state index is 0.641. The molecule has 0 heterocycles. The summed E-state index contributed by atoms with van der Waals surface area (Å²) in [6.45, 7) is 0. The van der Waals surface area contributed by atoms with Crippen LogP contribution in [0.2, 0.25) is 5.02 Å². The number of hydrogen-bond acceptors (Lipinski definition) is 3. The number of nitrogens with two attached hydrogens (primary N) is 1. The Labute approximate surface area is 119 Å². The van der Waals surface area contributed by atoms with Crippen molar-refractivity contribution < 1.29 is 4.74 Å². The summed E-state index contributed by atoms with van der Waals surface area (Å²) in [4.78, 5) is 0. The van der Waals surface area contributed by atoms with Crippen molar-refractivity contribution >= 4 is 44.6 Å². The molecule has 0 atom stereocenters. The highest BCUT2D eigenvalue weighted by Gasteiger charge is 2.03. The van der Waals surface area contributed by atoms with Gasteiger partial charge in [0.2, 0.25) is 0 Å². The number of nitrogens with one attached hydrogen (secondary N) is 1. The van der Waals surface area contributed by atoms with Gasteiger partial charge in [-0.25, -0.2) is 0 Å². The fraction of sp³-hybridized carbons (Fsp3) is 0.0769. The van der Waals surface area contributed by atoms with Gasteiger partial charge in [0.05, 0.1) is 12.8 Å². The van der Waals surface area contributed by atoms with Gasteiger partial charge in [0.15, 0.2) is 0 Å². The van der Waals surface area contributed by atoms with E-state index in [2.05, 4.69) is 21.2 Å². The normalized spacial score (nSPS) is 10.2. The summed E-state index contributed by atoms with van der Waals surface area (Å²) in [7, 11) is 1.61. The number of halogens is 2. The van der Waals surface area contributed by atoms with Gasteiger partial charge in [-0.1, -0.05) is 11.6 Å². The molecule has 2 aromatic carbocycles. The SMILES string of the molecule is COc1cc(N)cc(Nc2ccc(Cl)cc2Br)c1. The van der Waals surface area contributed by atoms with Crippen molar-refractivity contribution in [1.29, 1.82) is 0 Å². The topological polar surface area (TPSA) is 47.3 Å². The standard InChI is InChI=1S/C13H12BrClN2O/c1-18-11-6-9(16)5-10(7-11)17-13-3-2-8(15)4-12(13)14/h2-7,17H,16H2,1H3. The molecule has 0 saturated heterocycles. The first-order valence-electron chi connectivity index (χ1n) is 5.25. The second-order valence-corrected chi connectivity index (χ2v) is 5.03. The minimum atomic E-state index is 0.641. The van der Waals surface area contributed by atoms with Crippen LogP contribution in [-0.2, 0) is 0 Å². The van der Waals surface area contributed by atoms with Crippen molar-refractivity contribution in [3.63, 3.8) is 0 Å². The van der Waals surface area contributed by atoms with E-state index in [0.717, 1.165) is 15.8 Å². The second-order valence-electron chi connectivity index (χ2n) is 3.74. The zero-order chi connectivity index (χ0) is 13.1.